The van der Waals surface area contributed by atoms with Crippen LogP contribution in [0.1, 0.15) is 5.56 Å². The van der Waals surface area contributed by atoms with Crippen LogP contribution in [0.5, 0.6) is 0 Å². The van der Waals surface area contributed by atoms with E-state index in [0.717, 1.165) is 10.5 Å². The number of amides is 1. The van der Waals surface area contributed by atoms with Crippen LogP contribution in [0.25, 0.3) is 0 Å². The summed E-state index contributed by atoms with van der Waals surface area (Å²) in [4.78, 5) is 25.4. The summed E-state index contributed by atoms with van der Waals surface area (Å²) in [6.45, 7) is 0.761. The molecule has 0 spiro atoms. The van der Waals surface area contributed by atoms with Gasteiger partial charge in [-0.2, -0.15) is 0 Å². The van der Waals surface area contributed by atoms with Gasteiger partial charge < -0.3 is 10.4 Å². The van der Waals surface area contributed by atoms with Crippen molar-refractivity contribution in [1.82, 2.24) is 10.2 Å². The highest BCUT2D eigenvalue weighted by atomic mass is 32.2. The van der Waals surface area contributed by atoms with Crippen LogP contribution in [0, 0.1) is 0 Å². The normalized spacial score (nSPS) is 20.1. The molecule has 6 heteroatoms. The largest absolute Gasteiger partial charge is 0.480 e. The lowest BCUT2D eigenvalue weighted by molar-refractivity contribution is -0.146. The van der Waals surface area contributed by atoms with E-state index in [2.05, 4.69) is 5.32 Å². The van der Waals surface area contributed by atoms with Gasteiger partial charge in [0.15, 0.2) is 0 Å². The van der Waals surface area contributed by atoms with E-state index in [0.29, 0.717) is 6.54 Å². The molecule has 0 aromatic heterocycles. The second kappa shape index (κ2) is 6.08. The summed E-state index contributed by atoms with van der Waals surface area (Å²) in [7, 11) is 0. The third-order valence-corrected chi connectivity index (χ3v) is 3.85. The van der Waals surface area contributed by atoms with Crippen molar-refractivity contribution >= 4 is 23.6 Å². The molecule has 0 radical (unpaired) electrons. The van der Waals surface area contributed by atoms with Crippen molar-refractivity contribution < 1.29 is 14.7 Å². The van der Waals surface area contributed by atoms with E-state index in [1.165, 1.54) is 0 Å². The number of hydrogen-bond donors (Lipinski definition) is 2. The Morgan fingerprint density at radius 3 is 2.74 bits per heavy atom. The van der Waals surface area contributed by atoms with E-state index in [1.54, 1.807) is 16.7 Å². The quantitative estimate of drug-likeness (QED) is 0.798. The summed E-state index contributed by atoms with van der Waals surface area (Å²) < 4.78 is 0. The van der Waals surface area contributed by atoms with Crippen molar-refractivity contribution in [2.24, 2.45) is 0 Å². The molecule has 1 heterocycles. The van der Waals surface area contributed by atoms with Crippen LogP contribution in [0.2, 0.25) is 0 Å². The Hall–Kier alpha value is -1.53. The maximum Gasteiger partial charge on any atom is 0.322 e. The fourth-order valence-corrected chi connectivity index (χ4v) is 2.47. The molecule has 2 rings (SSSR count). The molecule has 1 aromatic carbocycles. The predicted molar refractivity (Wildman–Crippen MR) is 73.1 cm³/mol. The second-order valence-electron chi connectivity index (χ2n) is 4.41. The van der Waals surface area contributed by atoms with Gasteiger partial charge in [0.05, 0.1) is 6.54 Å². The Kier molecular flexibility index (Phi) is 4.44. The predicted octanol–water partition coefficient (Wildman–Crippen LogP) is 0.793. The van der Waals surface area contributed by atoms with Crippen molar-refractivity contribution in [3.63, 3.8) is 0 Å². The number of nitrogens with one attached hydrogen (secondary N) is 1. The van der Waals surface area contributed by atoms with Crippen LogP contribution in [0.3, 0.4) is 0 Å². The minimum Gasteiger partial charge on any atom is -0.480 e. The number of piperazine rings is 1. The van der Waals surface area contributed by atoms with Gasteiger partial charge in [0.25, 0.3) is 0 Å². The monoisotopic (exact) mass is 280 g/mol. The van der Waals surface area contributed by atoms with Gasteiger partial charge in [-0.25, -0.2) is 0 Å². The molecule has 0 saturated carbocycles. The highest BCUT2D eigenvalue weighted by Gasteiger charge is 2.31. The summed E-state index contributed by atoms with van der Waals surface area (Å²) in [5.41, 5.74) is 1.01. The van der Waals surface area contributed by atoms with E-state index in [4.69, 9.17) is 5.11 Å². The standard InChI is InChI=1S/C13H16N2O3S/c1-19-10-4-2-9(3-5-10)7-15-8-12(16)14-6-11(15)13(17)18/h2-5,11H,6-8H2,1H3,(H,14,16)(H,17,18). The number of aliphatic carboxylic acids is 1. The Bertz CT molecular complexity index is 475. The van der Waals surface area contributed by atoms with Crippen LogP contribution < -0.4 is 5.32 Å². The molecule has 0 bridgehead atoms. The van der Waals surface area contributed by atoms with E-state index >= 15 is 0 Å². The second-order valence-corrected chi connectivity index (χ2v) is 5.29. The lowest BCUT2D eigenvalue weighted by atomic mass is 10.1. The summed E-state index contributed by atoms with van der Waals surface area (Å²) in [5.74, 6) is -1.03. The first-order chi connectivity index (χ1) is 9.10. The molecule has 0 aliphatic carbocycles. The topological polar surface area (TPSA) is 69.6 Å². The molecule has 102 valence electrons. The summed E-state index contributed by atoms with van der Waals surface area (Å²) in [6, 6.07) is 7.28. The van der Waals surface area contributed by atoms with Crippen molar-refractivity contribution in [3.8, 4) is 0 Å². The fraction of sp³-hybridized carbons (Fsp3) is 0.385. The van der Waals surface area contributed by atoms with Crippen molar-refractivity contribution in [2.45, 2.75) is 17.5 Å². The van der Waals surface area contributed by atoms with Crippen LogP contribution in [0.4, 0.5) is 0 Å². The maximum absolute atomic E-state index is 11.4. The number of thioether (sulfide) groups is 1. The van der Waals surface area contributed by atoms with Gasteiger partial charge in [0, 0.05) is 18.0 Å². The van der Waals surface area contributed by atoms with Gasteiger partial charge in [-0.15, -0.1) is 11.8 Å². The van der Waals surface area contributed by atoms with Crippen LogP contribution in [0.15, 0.2) is 29.2 Å². The molecule has 19 heavy (non-hydrogen) atoms. The Morgan fingerprint density at radius 2 is 2.16 bits per heavy atom. The van der Waals surface area contributed by atoms with Gasteiger partial charge in [0.1, 0.15) is 6.04 Å². The average Bonchev–Trinajstić information content (AvgIpc) is 2.39. The minimum absolute atomic E-state index is 0.126. The number of carbonyl (C=O) groups excluding carboxylic acids is 1. The van der Waals surface area contributed by atoms with E-state index in [1.807, 2.05) is 30.5 Å². The Morgan fingerprint density at radius 1 is 1.47 bits per heavy atom. The summed E-state index contributed by atoms with van der Waals surface area (Å²) in [6.07, 6.45) is 2.00. The molecular weight excluding hydrogens is 264 g/mol. The fourth-order valence-electron chi connectivity index (χ4n) is 2.07. The van der Waals surface area contributed by atoms with E-state index in [-0.39, 0.29) is 19.0 Å². The Labute approximate surface area is 116 Å². The molecule has 1 atom stereocenters. The number of hydrogen-bond acceptors (Lipinski definition) is 4. The third kappa shape index (κ3) is 3.48. The zero-order valence-electron chi connectivity index (χ0n) is 10.6. The van der Waals surface area contributed by atoms with Crippen molar-refractivity contribution in [1.29, 1.82) is 0 Å². The molecule has 1 amide bonds. The number of benzene rings is 1. The maximum atomic E-state index is 11.4. The SMILES string of the molecule is CSc1ccc(CN2CC(=O)NCC2C(=O)O)cc1. The highest BCUT2D eigenvalue weighted by Crippen LogP contribution is 2.17. The summed E-state index contributed by atoms with van der Waals surface area (Å²) >= 11 is 1.66. The molecule has 2 N–H and O–H groups in total. The van der Waals surface area contributed by atoms with E-state index < -0.39 is 12.0 Å². The molecule has 1 aromatic rings. The van der Waals surface area contributed by atoms with Gasteiger partial charge in [-0.3, -0.25) is 14.5 Å². The van der Waals surface area contributed by atoms with Gasteiger partial charge in [-0.1, -0.05) is 12.1 Å². The average molecular weight is 280 g/mol. The van der Waals surface area contributed by atoms with Crippen LogP contribution >= 0.6 is 11.8 Å². The van der Waals surface area contributed by atoms with Crippen LogP contribution in [-0.4, -0.2) is 47.3 Å². The smallest absolute Gasteiger partial charge is 0.322 e. The first kappa shape index (κ1) is 13.9. The minimum atomic E-state index is -0.902. The highest BCUT2D eigenvalue weighted by molar-refractivity contribution is 7.98. The van der Waals surface area contributed by atoms with Crippen molar-refractivity contribution in [3.05, 3.63) is 29.8 Å². The lowest BCUT2D eigenvalue weighted by Crippen LogP contribution is -2.56. The first-order valence-electron chi connectivity index (χ1n) is 5.96. The van der Waals surface area contributed by atoms with Gasteiger partial charge in [0.2, 0.25) is 5.91 Å². The Balaban J connectivity index is 2.09. The van der Waals surface area contributed by atoms with Gasteiger partial charge in [-0.05, 0) is 24.0 Å². The lowest BCUT2D eigenvalue weighted by Gasteiger charge is -2.32. The number of carbonyl (C=O) groups is 2. The molecule has 1 aliphatic rings. The molecular formula is C13H16N2O3S. The zero-order chi connectivity index (χ0) is 13.8. The molecule has 1 saturated heterocycles. The number of carboxylic acids is 1. The van der Waals surface area contributed by atoms with E-state index in [9.17, 15) is 9.59 Å². The summed E-state index contributed by atoms with van der Waals surface area (Å²) in [5, 5.41) is 11.7. The molecule has 1 fully saturated rings. The number of carboxylic acid groups (broad SMARTS) is 1. The number of rotatable bonds is 4. The molecule has 5 nitrogen and oxygen atoms in total. The van der Waals surface area contributed by atoms with Crippen molar-refractivity contribution in [2.75, 3.05) is 19.3 Å². The molecule has 1 aliphatic heterocycles. The zero-order valence-corrected chi connectivity index (χ0v) is 11.4. The first-order valence-corrected chi connectivity index (χ1v) is 7.19. The van der Waals surface area contributed by atoms with Crippen LogP contribution in [-0.2, 0) is 16.1 Å². The van der Waals surface area contributed by atoms with Gasteiger partial charge >= 0.3 is 5.97 Å². The number of nitrogens with zero attached hydrogens (tertiary/aromatic N) is 1. The molecule has 1 unspecified atom stereocenters. The third-order valence-electron chi connectivity index (χ3n) is 3.11.